The van der Waals surface area contributed by atoms with Crippen LogP contribution in [-0.2, 0) is 41.8 Å². The van der Waals surface area contributed by atoms with E-state index in [1.54, 1.807) is 0 Å². The third-order valence-corrected chi connectivity index (χ3v) is 8.36. The molecule has 1 fully saturated rings. The van der Waals surface area contributed by atoms with Crippen molar-refractivity contribution < 1.29 is 28.7 Å². The molecule has 0 radical (unpaired) electrons. The molecule has 0 aliphatic carbocycles. The Morgan fingerprint density at radius 1 is 1.09 bits per heavy atom. The molecule has 2 aromatic heterocycles. The lowest BCUT2D eigenvalue weighted by Crippen LogP contribution is -2.36. The highest BCUT2D eigenvalue weighted by Gasteiger charge is 2.28. The number of ether oxygens (including phenoxy) is 2. The highest BCUT2D eigenvalue weighted by molar-refractivity contribution is 6.13. The molecular formula is C34H45N7O6. The Labute approximate surface area is 274 Å². The Morgan fingerprint density at radius 2 is 1.87 bits per heavy atom. The molecule has 13 heteroatoms. The van der Waals surface area contributed by atoms with Crippen molar-refractivity contribution in [2.75, 3.05) is 38.2 Å². The molecule has 1 saturated heterocycles. The van der Waals surface area contributed by atoms with Crippen molar-refractivity contribution >= 4 is 51.4 Å². The van der Waals surface area contributed by atoms with Crippen LogP contribution in [0.3, 0.4) is 0 Å². The lowest BCUT2D eigenvalue weighted by molar-refractivity contribution is -0.137. The fraction of sp³-hybridized carbons (Fsp3) is 0.529. The van der Waals surface area contributed by atoms with E-state index in [0.29, 0.717) is 69.3 Å². The minimum absolute atomic E-state index is 0.0673. The molecule has 47 heavy (non-hydrogen) atoms. The molecule has 0 bridgehead atoms. The van der Waals surface area contributed by atoms with E-state index in [1.807, 2.05) is 45.0 Å². The molecule has 0 unspecified atom stereocenters. The van der Waals surface area contributed by atoms with Crippen molar-refractivity contribution in [3.05, 3.63) is 42.2 Å². The maximum absolute atomic E-state index is 13.1. The van der Waals surface area contributed by atoms with Gasteiger partial charge in [0, 0.05) is 43.7 Å². The second-order valence-electron chi connectivity index (χ2n) is 12.5. The molecule has 2 aliphatic rings. The number of pyridine rings is 1. The first-order chi connectivity index (χ1) is 22.7. The minimum atomic E-state index is -0.639. The predicted molar refractivity (Wildman–Crippen MR) is 177 cm³/mol. The first-order valence-corrected chi connectivity index (χ1v) is 16.5. The second-order valence-corrected chi connectivity index (χ2v) is 12.5. The Morgan fingerprint density at radius 3 is 2.62 bits per heavy atom. The molecule has 0 saturated carbocycles. The number of imide groups is 1. The zero-order chi connectivity index (χ0) is 33.4. The number of rotatable bonds is 17. The van der Waals surface area contributed by atoms with Crippen molar-refractivity contribution in [2.24, 2.45) is 0 Å². The number of fused-ring (bicyclic) bond motifs is 3. The van der Waals surface area contributed by atoms with Crippen LogP contribution in [0.1, 0.15) is 65.1 Å². The number of aromatic nitrogens is 3. The summed E-state index contributed by atoms with van der Waals surface area (Å²) in [7, 11) is 0. The summed E-state index contributed by atoms with van der Waals surface area (Å²) in [5, 5.41) is 10.1. The van der Waals surface area contributed by atoms with Crippen LogP contribution < -0.4 is 16.0 Å². The molecule has 1 atom stereocenters. The van der Waals surface area contributed by atoms with Crippen LogP contribution in [0, 0.1) is 0 Å². The van der Waals surface area contributed by atoms with Crippen LogP contribution in [0.25, 0.3) is 21.9 Å². The van der Waals surface area contributed by atoms with Gasteiger partial charge in [-0.25, -0.2) is 9.97 Å². The average molecular weight is 648 g/mol. The van der Waals surface area contributed by atoms with E-state index < -0.39 is 5.60 Å². The van der Waals surface area contributed by atoms with Crippen molar-refractivity contribution in [3.8, 4) is 0 Å². The molecule has 3 N–H and O–H groups in total. The van der Waals surface area contributed by atoms with Gasteiger partial charge < -0.3 is 30.0 Å². The summed E-state index contributed by atoms with van der Waals surface area (Å²) in [6.07, 6.45) is 6.73. The topological polar surface area (TPSA) is 157 Å². The van der Waals surface area contributed by atoms with Crippen LogP contribution >= 0.6 is 0 Å². The Balaban J connectivity index is 1.21. The number of nitrogens with one attached hydrogen (secondary N) is 3. The highest BCUT2D eigenvalue weighted by Crippen LogP contribution is 2.32. The van der Waals surface area contributed by atoms with Gasteiger partial charge in [-0.3, -0.25) is 24.1 Å². The summed E-state index contributed by atoms with van der Waals surface area (Å²) >= 11 is 0. The number of unbranched alkanes of at least 4 members (excludes halogenated alkanes) is 2. The predicted octanol–water partition coefficient (Wildman–Crippen LogP) is 3.21. The number of benzene rings is 1. The molecule has 0 spiro atoms. The van der Waals surface area contributed by atoms with Crippen molar-refractivity contribution in [3.63, 3.8) is 0 Å². The zero-order valence-corrected chi connectivity index (χ0v) is 27.5. The third-order valence-electron chi connectivity index (χ3n) is 8.36. The molecule has 4 heterocycles. The maximum atomic E-state index is 13.1. The second kappa shape index (κ2) is 15.6. The number of carbonyl (C=O) groups is 4. The number of carbonyl (C=O) groups excluding carboxylic acids is 4. The van der Waals surface area contributed by atoms with Gasteiger partial charge in [0.05, 0.1) is 35.8 Å². The Hall–Kier alpha value is -4.20. The van der Waals surface area contributed by atoms with Crippen molar-refractivity contribution in [2.45, 2.75) is 84.1 Å². The molecule has 252 valence electrons. The average Bonchev–Trinajstić information content (AvgIpc) is 3.79. The van der Waals surface area contributed by atoms with Gasteiger partial charge in [0.15, 0.2) is 5.82 Å². The van der Waals surface area contributed by atoms with Gasteiger partial charge >= 0.3 is 0 Å². The minimum Gasteiger partial charge on any atom is -0.374 e. The van der Waals surface area contributed by atoms with E-state index >= 15 is 0 Å². The lowest BCUT2D eigenvalue weighted by atomic mass is 10.1. The smallest absolute Gasteiger partial charge is 0.253 e. The largest absolute Gasteiger partial charge is 0.374 e. The number of imidazole rings is 1. The van der Waals surface area contributed by atoms with Crippen LogP contribution in [0.4, 0.5) is 5.82 Å². The van der Waals surface area contributed by atoms with Crippen molar-refractivity contribution in [1.82, 2.24) is 30.1 Å². The van der Waals surface area contributed by atoms with Crippen LogP contribution in [-0.4, -0.2) is 87.6 Å². The number of nitrogens with zero attached hydrogens (tertiary/aromatic N) is 4. The molecule has 13 nitrogen and oxygen atoms in total. The molecule has 1 aromatic carbocycles. The van der Waals surface area contributed by atoms with Gasteiger partial charge in [-0.15, -0.1) is 0 Å². The number of hydrogen-bond donors (Lipinski definition) is 3. The molecular weight excluding hydrogens is 602 g/mol. The molecule has 3 aromatic rings. The van der Waals surface area contributed by atoms with E-state index in [1.165, 1.54) is 17.1 Å². The normalized spacial score (nSPS) is 16.6. The molecule has 4 amide bonds. The standard InChI is InChI=1S/C34H45N7O6/c1-4-46-21-26-38-30-31(23-11-7-8-12-24(23)37-32(30)39-33(45)25-13-10-17-35-25)41(26)22-34(2,3)47-20-18-36-27(42)14-6-5-9-19-40-28(43)15-16-29(40)44/h7-8,11-12,15-16,25,35H,4-6,9-10,13-14,17-22H2,1-3H3,(H,36,42)(H,37,39,45)/t25-/m0/s1. The van der Waals surface area contributed by atoms with Gasteiger partial charge in [-0.2, -0.15) is 0 Å². The monoisotopic (exact) mass is 647 g/mol. The highest BCUT2D eigenvalue weighted by atomic mass is 16.5. The summed E-state index contributed by atoms with van der Waals surface area (Å²) in [5.41, 5.74) is 1.55. The van der Waals surface area contributed by atoms with Crippen LogP contribution in [0.15, 0.2) is 36.4 Å². The SMILES string of the molecule is CCOCc1nc2c(NC(=O)[C@@H]3CCCN3)nc3ccccc3c2n1CC(C)(C)OCCNC(=O)CCCCCN1C(=O)C=CC1=O. The van der Waals surface area contributed by atoms with E-state index in [4.69, 9.17) is 19.4 Å². The third kappa shape index (κ3) is 8.59. The Bertz CT molecular complexity index is 1620. The fourth-order valence-corrected chi connectivity index (χ4v) is 5.97. The van der Waals surface area contributed by atoms with Gasteiger partial charge in [0.2, 0.25) is 11.8 Å². The van der Waals surface area contributed by atoms with Gasteiger partial charge in [-0.05, 0) is 59.1 Å². The van der Waals surface area contributed by atoms with Gasteiger partial charge in [0.25, 0.3) is 11.8 Å². The molecule has 5 rings (SSSR count). The van der Waals surface area contributed by atoms with Gasteiger partial charge in [-0.1, -0.05) is 24.6 Å². The lowest BCUT2D eigenvalue weighted by Gasteiger charge is -2.27. The van der Waals surface area contributed by atoms with Crippen molar-refractivity contribution in [1.29, 1.82) is 0 Å². The number of hydrogen-bond acceptors (Lipinski definition) is 9. The first-order valence-electron chi connectivity index (χ1n) is 16.5. The van der Waals surface area contributed by atoms with E-state index in [0.717, 1.165) is 42.2 Å². The summed E-state index contributed by atoms with van der Waals surface area (Å²) in [5.74, 6) is 0.379. The zero-order valence-electron chi connectivity index (χ0n) is 27.5. The first kappa shape index (κ1) is 34.1. The Kier molecular flexibility index (Phi) is 11.3. The summed E-state index contributed by atoms with van der Waals surface area (Å²) in [6, 6.07) is 7.55. The van der Waals surface area contributed by atoms with E-state index in [9.17, 15) is 19.2 Å². The molecule has 2 aliphatic heterocycles. The fourth-order valence-electron chi connectivity index (χ4n) is 5.97. The van der Waals surface area contributed by atoms with Crippen LogP contribution in [0.5, 0.6) is 0 Å². The number of anilines is 1. The van der Waals surface area contributed by atoms with E-state index in [-0.39, 0.29) is 36.3 Å². The van der Waals surface area contributed by atoms with E-state index in [2.05, 4.69) is 20.5 Å². The number of para-hydroxylation sites is 1. The van der Waals surface area contributed by atoms with Crippen LogP contribution in [0.2, 0.25) is 0 Å². The van der Waals surface area contributed by atoms with Gasteiger partial charge in [0.1, 0.15) is 17.9 Å². The maximum Gasteiger partial charge on any atom is 0.253 e. The summed E-state index contributed by atoms with van der Waals surface area (Å²) in [6.45, 7) is 9.03. The number of amides is 4. The summed E-state index contributed by atoms with van der Waals surface area (Å²) < 4.78 is 14.2. The summed E-state index contributed by atoms with van der Waals surface area (Å²) in [4.78, 5) is 59.7. The quantitative estimate of drug-likeness (QED) is 0.148.